The van der Waals surface area contributed by atoms with E-state index < -0.39 is 0 Å². The zero-order valence-corrected chi connectivity index (χ0v) is 10.9. The maximum atomic E-state index is 12.3. The molecular weight excluding hydrogens is 234 g/mol. The summed E-state index contributed by atoms with van der Waals surface area (Å²) in [5, 5.41) is 0.474. The molecule has 1 aromatic heterocycles. The molecule has 0 radical (unpaired) electrons. The highest BCUT2D eigenvalue weighted by Gasteiger charge is 2.29. The summed E-state index contributed by atoms with van der Waals surface area (Å²) in [7, 11) is 0. The van der Waals surface area contributed by atoms with Crippen LogP contribution in [0.3, 0.4) is 0 Å². The van der Waals surface area contributed by atoms with Crippen LogP contribution < -0.4 is 5.73 Å². The van der Waals surface area contributed by atoms with Crippen molar-refractivity contribution in [3.05, 3.63) is 24.0 Å². The SMILES string of the molecule is CC1SCCN(C(=O)c2ccc(N)cn2)C1C. The minimum absolute atomic E-state index is 0.00431. The Bertz CT molecular complexity index is 407. The Morgan fingerprint density at radius 1 is 1.53 bits per heavy atom. The van der Waals surface area contributed by atoms with E-state index in [0.717, 1.165) is 12.3 Å². The summed E-state index contributed by atoms with van der Waals surface area (Å²) in [5.74, 6) is 0.997. The van der Waals surface area contributed by atoms with Gasteiger partial charge in [0.25, 0.3) is 5.91 Å². The number of carbonyl (C=O) groups excluding carboxylic acids is 1. The molecule has 4 nitrogen and oxygen atoms in total. The van der Waals surface area contributed by atoms with Gasteiger partial charge in [0.05, 0.1) is 11.9 Å². The van der Waals surface area contributed by atoms with E-state index in [0.29, 0.717) is 16.6 Å². The smallest absolute Gasteiger partial charge is 0.272 e. The first-order chi connectivity index (χ1) is 8.09. The van der Waals surface area contributed by atoms with Crippen LogP contribution in [0.15, 0.2) is 18.3 Å². The van der Waals surface area contributed by atoms with Crippen LogP contribution in [0.2, 0.25) is 0 Å². The second-order valence-electron chi connectivity index (χ2n) is 4.29. The zero-order chi connectivity index (χ0) is 12.4. The van der Waals surface area contributed by atoms with E-state index in [4.69, 9.17) is 5.73 Å². The Morgan fingerprint density at radius 3 is 2.94 bits per heavy atom. The third kappa shape index (κ3) is 2.54. The fourth-order valence-electron chi connectivity index (χ4n) is 1.90. The Morgan fingerprint density at radius 2 is 2.29 bits per heavy atom. The van der Waals surface area contributed by atoms with Crippen LogP contribution in [0.5, 0.6) is 0 Å². The predicted molar refractivity (Wildman–Crippen MR) is 71.1 cm³/mol. The summed E-state index contributed by atoms with van der Waals surface area (Å²) in [4.78, 5) is 18.3. The lowest BCUT2D eigenvalue weighted by molar-refractivity contribution is 0.0692. The molecule has 2 heterocycles. The number of hydrogen-bond donors (Lipinski definition) is 1. The molecular formula is C12H17N3OS. The summed E-state index contributed by atoms with van der Waals surface area (Å²) in [5.41, 5.74) is 6.62. The number of hydrogen-bond acceptors (Lipinski definition) is 4. The van der Waals surface area contributed by atoms with Gasteiger partial charge >= 0.3 is 0 Å². The van der Waals surface area contributed by atoms with Gasteiger partial charge in [0.1, 0.15) is 5.69 Å². The first-order valence-electron chi connectivity index (χ1n) is 5.73. The number of rotatable bonds is 1. The van der Waals surface area contributed by atoms with E-state index >= 15 is 0 Å². The summed E-state index contributed by atoms with van der Waals surface area (Å²) >= 11 is 1.91. The third-order valence-electron chi connectivity index (χ3n) is 3.15. The normalized spacial score (nSPS) is 24.7. The molecule has 0 saturated carbocycles. The van der Waals surface area contributed by atoms with Crippen molar-refractivity contribution in [2.45, 2.75) is 25.1 Å². The fraction of sp³-hybridized carbons (Fsp3) is 0.500. The molecule has 1 amide bonds. The highest BCUT2D eigenvalue weighted by molar-refractivity contribution is 8.00. The summed E-state index contributed by atoms with van der Waals surface area (Å²) in [6, 6.07) is 3.66. The van der Waals surface area contributed by atoms with E-state index in [9.17, 15) is 4.79 Å². The number of aromatic nitrogens is 1. The highest BCUT2D eigenvalue weighted by atomic mass is 32.2. The van der Waals surface area contributed by atoms with Crippen molar-refractivity contribution in [2.24, 2.45) is 0 Å². The maximum Gasteiger partial charge on any atom is 0.272 e. The molecule has 0 aliphatic carbocycles. The quantitative estimate of drug-likeness (QED) is 0.824. The van der Waals surface area contributed by atoms with Gasteiger partial charge < -0.3 is 10.6 Å². The monoisotopic (exact) mass is 251 g/mol. The first kappa shape index (κ1) is 12.2. The largest absolute Gasteiger partial charge is 0.397 e. The summed E-state index contributed by atoms with van der Waals surface area (Å²) < 4.78 is 0. The second kappa shape index (κ2) is 4.96. The molecule has 0 bridgehead atoms. The molecule has 2 atom stereocenters. The molecule has 92 valence electrons. The van der Waals surface area contributed by atoms with Gasteiger partial charge in [0.2, 0.25) is 0 Å². The zero-order valence-electron chi connectivity index (χ0n) is 10.1. The van der Waals surface area contributed by atoms with Gasteiger partial charge in [0.15, 0.2) is 0 Å². The molecule has 2 unspecified atom stereocenters. The van der Waals surface area contributed by atoms with Gasteiger partial charge in [-0.3, -0.25) is 4.79 Å². The molecule has 2 rings (SSSR count). The Labute approximate surface area is 106 Å². The standard InChI is InChI=1S/C12H17N3OS/c1-8-9(2)17-6-5-15(8)12(16)11-4-3-10(13)7-14-11/h3-4,7-9H,5-6,13H2,1-2H3. The lowest BCUT2D eigenvalue weighted by atomic mass is 10.2. The summed E-state index contributed by atoms with van der Waals surface area (Å²) in [6.07, 6.45) is 1.53. The van der Waals surface area contributed by atoms with E-state index in [-0.39, 0.29) is 11.9 Å². The molecule has 1 aromatic rings. The minimum atomic E-state index is 0.00431. The molecule has 0 aromatic carbocycles. The summed E-state index contributed by atoms with van der Waals surface area (Å²) in [6.45, 7) is 5.04. The van der Waals surface area contributed by atoms with Crippen LogP contribution in [0.25, 0.3) is 0 Å². The van der Waals surface area contributed by atoms with Crippen molar-refractivity contribution in [3.63, 3.8) is 0 Å². The number of pyridine rings is 1. The van der Waals surface area contributed by atoms with Crippen LogP contribution in [-0.2, 0) is 0 Å². The van der Waals surface area contributed by atoms with Crippen LogP contribution in [0.1, 0.15) is 24.3 Å². The van der Waals surface area contributed by atoms with Crippen molar-refractivity contribution >= 4 is 23.4 Å². The molecule has 1 fully saturated rings. The molecule has 17 heavy (non-hydrogen) atoms. The average Bonchev–Trinajstić information content (AvgIpc) is 2.33. The molecule has 1 saturated heterocycles. The van der Waals surface area contributed by atoms with Crippen molar-refractivity contribution < 1.29 is 4.79 Å². The molecule has 1 aliphatic rings. The van der Waals surface area contributed by atoms with Crippen LogP contribution in [-0.4, -0.2) is 39.4 Å². The van der Waals surface area contributed by atoms with Gasteiger partial charge in [-0.1, -0.05) is 6.92 Å². The number of amides is 1. The molecule has 0 spiro atoms. The van der Waals surface area contributed by atoms with Gasteiger partial charge in [-0.15, -0.1) is 0 Å². The van der Waals surface area contributed by atoms with E-state index in [1.165, 1.54) is 6.20 Å². The predicted octanol–water partition coefficient (Wildman–Crippen LogP) is 1.63. The molecule has 2 N–H and O–H groups in total. The van der Waals surface area contributed by atoms with Crippen LogP contribution >= 0.6 is 11.8 Å². The third-order valence-corrected chi connectivity index (χ3v) is 4.49. The van der Waals surface area contributed by atoms with Gasteiger partial charge in [-0.25, -0.2) is 4.98 Å². The average molecular weight is 251 g/mol. The lowest BCUT2D eigenvalue weighted by Gasteiger charge is -2.37. The highest BCUT2D eigenvalue weighted by Crippen LogP contribution is 2.25. The van der Waals surface area contributed by atoms with Gasteiger partial charge in [0, 0.05) is 23.6 Å². The first-order valence-corrected chi connectivity index (χ1v) is 6.78. The fourth-order valence-corrected chi connectivity index (χ4v) is 3.00. The maximum absolute atomic E-state index is 12.3. The number of nitrogens with zero attached hydrogens (tertiary/aromatic N) is 2. The van der Waals surface area contributed by atoms with Gasteiger partial charge in [-0.2, -0.15) is 11.8 Å². The Balaban J connectivity index is 2.16. The number of carbonyl (C=O) groups is 1. The van der Waals surface area contributed by atoms with Crippen molar-refractivity contribution in [1.82, 2.24) is 9.88 Å². The number of nitrogen functional groups attached to an aromatic ring is 1. The van der Waals surface area contributed by atoms with Crippen LogP contribution in [0, 0.1) is 0 Å². The van der Waals surface area contributed by atoms with Crippen molar-refractivity contribution in [1.29, 1.82) is 0 Å². The van der Waals surface area contributed by atoms with E-state index in [2.05, 4.69) is 18.8 Å². The minimum Gasteiger partial charge on any atom is -0.397 e. The number of anilines is 1. The Kier molecular flexibility index (Phi) is 3.57. The molecule has 1 aliphatic heterocycles. The van der Waals surface area contributed by atoms with Crippen LogP contribution in [0.4, 0.5) is 5.69 Å². The number of nitrogens with two attached hydrogens (primary N) is 1. The van der Waals surface area contributed by atoms with Crippen molar-refractivity contribution in [2.75, 3.05) is 18.0 Å². The Hall–Kier alpha value is -1.23. The second-order valence-corrected chi connectivity index (χ2v) is 5.78. The number of thioether (sulfide) groups is 1. The van der Waals surface area contributed by atoms with E-state index in [1.807, 2.05) is 16.7 Å². The van der Waals surface area contributed by atoms with E-state index in [1.54, 1.807) is 12.1 Å². The molecule has 5 heteroatoms. The lowest BCUT2D eigenvalue weighted by Crippen LogP contribution is -2.48. The van der Waals surface area contributed by atoms with Gasteiger partial charge in [-0.05, 0) is 19.1 Å². The topological polar surface area (TPSA) is 59.2 Å². The van der Waals surface area contributed by atoms with Crippen molar-refractivity contribution in [3.8, 4) is 0 Å².